The van der Waals surface area contributed by atoms with Crippen LogP contribution in [0.5, 0.6) is 0 Å². The highest BCUT2D eigenvalue weighted by molar-refractivity contribution is 5.97. The summed E-state index contributed by atoms with van der Waals surface area (Å²) < 4.78 is 44.8. The number of aromatic nitrogens is 3. The zero-order chi connectivity index (χ0) is 29.6. The normalized spacial score (nSPS) is 11.9. The SMILES string of the molecule is CC(C)(C)OC(=O)CCCCc1nc2cc(C(=O)NCc3cccnc3)ccc2nc1-c1ccc(C(F)(F)F)cc1. The maximum atomic E-state index is 13.1. The van der Waals surface area contributed by atoms with Crippen LogP contribution in [0.2, 0.25) is 0 Å². The summed E-state index contributed by atoms with van der Waals surface area (Å²) >= 11 is 0. The highest BCUT2D eigenvalue weighted by Crippen LogP contribution is 2.32. The second-order valence-corrected chi connectivity index (χ2v) is 10.6. The number of carbonyl (C=O) groups is 2. The molecule has 2 heterocycles. The van der Waals surface area contributed by atoms with E-state index in [1.165, 1.54) is 12.1 Å². The quantitative estimate of drug-likeness (QED) is 0.180. The second kappa shape index (κ2) is 12.4. The summed E-state index contributed by atoms with van der Waals surface area (Å²) in [6, 6.07) is 13.4. The molecule has 0 aliphatic carbocycles. The van der Waals surface area contributed by atoms with E-state index >= 15 is 0 Å². The second-order valence-electron chi connectivity index (χ2n) is 10.6. The van der Waals surface area contributed by atoms with Crippen LogP contribution in [0.1, 0.15) is 67.2 Å². The van der Waals surface area contributed by atoms with Crippen LogP contribution in [-0.4, -0.2) is 32.4 Å². The highest BCUT2D eigenvalue weighted by Gasteiger charge is 2.30. The molecule has 0 saturated heterocycles. The zero-order valence-electron chi connectivity index (χ0n) is 23.1. The van der Waals surface area contributed by atoms with Gasteiger partial charge in [0.2, 0.25) is 0 Å². The number of pyridine rings is 1. The molecule has 0 fully saturated rings. The number of esters is 1. The zero-order valence-corrected chi connectivity index (χ0v) is 23.1. The largest absolute Gasteiger partial charge is 0.460 e. The number of unbranched alkanes of at least 4 members (excludes halogenated alkanes) is 1. The predicted octanol–water partition coefficient (Wildman–Crippen LogP) is 6.70. The molecule has 41 heavy (non-hydrogen) atoms. The first kappa shape index (κ1) is 29.6. The van der Waals surface area contributed by atoms with Crippen LogP contribution in [0.25, 0.3) is 22.3 Å². The number of alkyl halides is 3. The molecule has 10 heteroatoms. The van der Waals surface area contributed by atoms with Crippen molar-refractivity contribution in [1.29, 1.82) is 0 Å². The number of ether oxygens (including phenoxy) is 1. The smallest absolute Gasteiger partial charge is 0.416 e. The van der Waals surface area contributed by atoms with E-state index in [2.05, 4.69) is 10.3 Å². The Hall–Kier alpha value is -4.34. The van der Waals surface area contributed by atoms with E-state index < -0.39 is 17.3 Å². The number of benzene rings is 2. The first-order valence-electron chi connectivity index (χ1n) is 13.3. The van der Waals surface area contributed by atoms with Gasteiger partial charge in [-0.3, -0.25) is 14.6 Å². The lowest BCUT2D eigenvalue weighted by Gasteiger charge is -2.19. The Balaban J connectivity index is 1.58. The average molecular weight is 565 g/mol. The number of hydrogen-bond donors (Lipinski definition) is 1. The minimum atomic E-state index is -4.45. The number of amides is 1. The van der Waals surface area contributed by atoms with E-state index in [9.17, 15) is 22.8 Å². The van der Waals surface area contributed by atoms with Crippen LogP contribution < -0.4 is 5.32 Å². The molecule has 2 aromatic carbocycles. The van der Waals surface area contributed by atoms with Gasteiger partial charge < -0.3 is 10.1 Å². The van der Waals surface area contributed by atoms with Crippen molar-refractivity contribution >= 4 is 22.9 Å². The van der Waals surface area contributed by atoms with Crippen molar-refractivity contribution in [3.8, 4) is 11.3 Å². The lowest BCUT2D eigenvalue weighted by Crippen LogP contribution is -2.23. The summed E-state index contributed by atoms with van der Waals surface area (Å²) in [5.74, 6) is -0.588. The number of fused-ring (bicyclic) bond motifs is 1. The van der Waals surface area contributed by atoms with Crippen molar-refractivity contribution in [2.24, 2.45) is 0 Å². The molecule has 7 nitrogen and oxygen atoms in total. The summed E-state index contributed by atoms with van der Waals surface area (Å²) in [5.41, 5.74) is 2.43. The monoisotopic (exact) mass is 564 g/mol. The van der Waals surface area contributed by atoms with Crippen LogP contribution in [0.3, 0.4) is 0 Å². The molecule has 214 valence electrons. The lowest BCUT2D eigenvalue weighted by molar-refractivity contribution is -0.155. The standard InChI is InChI=1S/C31H31F3N4O3/c1-30(2,3)41-27(39)9-5-4-8-25-28(21-10-13-23(14-11-21)31(32,33)34)38-24-15-12-22(17-26(24)37-25)29(40)36-19-20-7-6-16-35-18-20/h6-7,10-18H,4-5,8-9,19H2,1-3H3,(H,36,40). The van der Waals surface area contributed by atoms with Crippen molar-refractivity contribution in [3.05, 3.63) is 89.4 Å². The van der Waals surface area contributed by atoms with E-state index in [4.69, 9.17) is 14.7 Å². The van der Waals surface area contributed by atoms with Crippen LogP contribution in [-0.2, 0) is 28.7 Å². The van der Waals surface area contributed by atoms with Gasteiger partial charge >= 0.3 is 12.1 Å². The number of halogens is 3. The molecule has 0 unspecified atom stereocenters. The number of carbonyl (C=O) groups excluding carboxylic acids is 2. The van der Waals surface area contributed by atoms with Crippen molar-refractivity contribution in [2.75, 3.05) is 0 Å². The molecule has 0 saturated carbocycles. The fourth-order valence-electron chi connectivity index (χ4n) is 4.20. The van der Waals surface area contributed by atoms with Crippen molar-refractivity contribution in [2.45, 2.75) is 64.8 Å². The predicted molar refractivity (Wildman–Crippen MR) is 149 cm³/mol. The first-order chi connectivity index (χ1) is 19.4. The first-order valence-corrected chi connectivity index (χ1v) is 13.3. The van der Waals surface area contributed by atoms with Gasteiger partial charge in [-0.25, -0.2) is 9.97 Å². The highest BCUT2D eigenvalue weighted by atomic mass is 19.4. The molecular formula is C31H31F3N4O3. The lowest BCUT2D eigenvalue weighted by atomic mass is 10.0. The van der Waals surface area contributed by atoms with Crippen molar-refractivity contribution < 1.29 is 27.5 Å². The van der Waals surface area contributed by atoms with Gasteiger partial charge in [0.1, 0.15) is 5.60 Å². The van der Waals surface area contributed by atoms with Crippen molar-refractivity contribution in [1.82, 2.24) is 20.3 Å². The number of nitrogens with one attached hydrogen (secondary N) is 1. The minimum Gasteiger partial charge on any atom is -0.460 e. The summed E-state index contributed by atoms with van der Waals surface area (Å²) in [5, 5.41) is 2.85. The van der Waals surface area contributed by atoms with Crippen LogP contribution in [0, 0.1) is 0 Å². The number of aryl methyl sites for hydroxylation is 1. The van der Waals surface area contributed by atoms with E-state index in [1.54, 1.807) is 57.4 Å². The van der Waals surface area contributed by atoms with Gasteiger partial charge in [0, 0.05) is 36.5 Å². The third kappa shape index (κ3) is 8.33. The molecule has 0 aliphatic rings. The molecule has 1 amide bonds. The molecule has 2 aromatic heterocycles. The third-order valence-electron chi connectivity index (χ3n) is 6.12. The van der Waals surface area contributed by atoms with Gasteiger partial charge in [-0.1, -0.05) is 18.2 Å². The topological polar surface area (TPSA) is 94.1 Å². The van der Waals surface area contributed by atoms with E-state index in [1.807, 2.05) is 6.07 Å². The van der Waals surface area contributed by atoms with E-state index in [-0.39, 0.29) is 18.3 Å². The molecule has 1 N–H and O–H groups in total. The van der Waals surface area contributed by atoms with Gasteiger partial charge in [-0.15, -0.1) is 0 Å². The Morgan fingerprint density at radius 2 is 1.68 bits per heavy atom. The Morgan fingerprint density at radius 3 is 2.34 bits per heavy atom. The molecular weight excluding hydrogens is 533 g/mol. The van der Waals surface area contributed by atoms with Crippen LogP contribution in [0.4, 0.5) is 13.2 Å². The Kier molecular flexibility index (Phi) is 9.00. The molecule has 4 aromatic rings. The summed E-state index contributed by atoms with van der Waals surface area (Å²) in [6.45, 7) is 5.73. The Bertz CT molecular complexity index is 1520. The van der Waals surface area contributed by atoms with Crippen molar-refractivity contribution in [3.63, 3.8) is 0 Å². The number of nitrogens with zero attached hydrogens (tertiary/aromatic N) is 3. The van der Waals surface area contributed by atoms with Gasteiger partial charge in [-0.2, -0.15) is 13.2 Å². The maximum absolute atomic E-state index is 13.1. The number of rotatable bonds is 9. The molecule has 0 aliphatic heterocycles. The van der Waals surface area contributed by atoms with Gasteiger partial charge in [-0.05, 0) is 82.0 Å². The molecule has 0 bridgehead atoms. The Morgan fingerprint density at radius 1 is 0.927 bits per heavy atom. The van der Waals surface area contributed by atoms with E-state index in [0.717, 1.165) is 17.7 Å². The van der Waals surface area contributed by atoms with E-state index in [0.29, 0.717) is 59.4 Å². The fourth-order valence-corrected chi connectivity index (χ4v) is 4.20. The van der Waals surface area contributed by atoms with Gasteiger partial charge in [0.25, 0.3) is 5.91 Å². The third-order valence-corrected chi connectivity index (χ3v) is 6.12. The summed E-state index contributed by atoms with van der Waals surface area (Å²) in [7, 11) is 0. The maximum Gasteiger partial charge on any atom is 0.416 e. The number of hydrogen-bond acceptors (Lipinski definition) is 6. The molecule has 0 radical (unpaired) electrons. The molecule has 0 atom stereocenters. The molecule has 0 spiro atoms. The fraction of sp³-hybridized carbons (Fsp3) is 0.323. The average Bonchev–Trinajstić information content (AvgIpc) is 2.92. The Labute approximate surface area is 236 Å². The summed E-state index contributed by atoms with van der Waals surface area (Å²) in [4.78, 5) is 38.4. The van der Waals surface area contributed by atoms with Crippen LogP contribution >= 0.6 is 0 Å². The molecule has 4 rings (SSSR count). The van der Waals surface area contributed by atoms with Gasteiger partial charge in [0.05, 0.1) is 28.0 Å². The minimum absolute atomic E-state index is 0.231. The van der Waals surface area contributed by atoms with Gasteiger partial charge in [0.15, 0.2) is 0 Å². The van der Waals surface area contributed by atoms with Crippen LogP contribution in [0.15, 0.2) is 67.0 Å². The summed E-state index contributed by atoms with van der Waals surface area (Å²) in [6.07, 6.45) is 0.655.